The molecule has 0 aromatic heterocycles. The molecule has 0 spiro atoms. The number of nitrogens with zero attached hydrogens (tertiary/aromatic N) is 2. The maximum Gasteiger partial charge on any atom is 0.306 e. The summed E-state index contributed by atoms with van der Waals surface area (Å²) in [4.78, 5) is 34.7. The zero-order valence-corrected chi connectivity index (χ0v) is 11.4. The average Bonchev–Trinajstić information content (AvgIpc) is 2.28. The minimum atomic E-state index is -0.789. The quantitative estimate of drug-likeness (QED) is 0.611. The molecule has 0 aromatic rings. The summed E-state index contributed by atoms with van der Waals surface area (Å²) in [6.07, 6.45) is 1.24. The fourth-order valence-corrected chi connectivity index (χ4v) is 2.37. The van der Waals surface area contributed by atoms with Gasteiger partial charge in [0.2, 0.25) is 5.91 Å². The molecule has 0 atom stereocenters. The van der Waals surface area contributed by atoms with Gasteiger partial charge in [0.05, 0.1) is 5.92 Å². The van der Waals surface area contributed by atoms with E-state index in [1.165, 1.54) is 0 Å². The lowest BCUT2D eigenvalue weighted by molar-refractivity contribution is -0.145. The third-order valence-electron chi connectivity index (χ3n) is 3.06. The first-order chi connectivity index (χ1) is 8.35. The van der Waals surface area contributed by atoms with E-state index in [1.807, 2.05) is 0 Å². The topological polar surface area (TPSA) is 87.0 Å². The van der Waals surface area contributed by atoms with Gasteiger partial charge in [0.1, 0.15) is 0 Å². The highest BCUT2D eigenvalue weighted by Crippen LogP contribution is 2.30. The summed E-state index contributed by atoms with van der Waals surface area (Å²) >= 11 is 0.859. The molecule has 1 rings (SSSR count). The molecule has 0 unspecified atom stereocenters. The Morgan fingerprint density at radius 1 is 1.39 bits per heavy atom. The van der Waals surface area contributed by atoms with Crippen LogP contribution >= 0.6 is 11.9 Å². The fourth-order valence-electron chi connectivity index (χ4n) is 1.98. The van der Waals surface area contributed by atoms with Gasteiger partial charge in [0.15, 0.2) is 0 Å². The SMILES string of the molecule is CC(C)(CC(=O)N1CCC(C(=O)O)CC1)SN=O. The number of carbonyl (C=O) groups is 2. The molecule has 0 aromatic carbocycles. The molecule has 7 heteroatoms. The number of piperidine rings is 1. The molecule has 1 saturated heterocycles. The Bertz CT molecular complexity index is 338. The minimum absolute atomic E-state index is 0.0417. The lowest BCUT2D eigenvalue weighted by Gasteiger charge is -2.32. The molecule has 0 saturated carbocycles. The largest absolute Gasteiger partial charge is 0.481 e. The first kappa shape index (κ1) is 14.9. The molecule has 6 nitrogen and oxygen atoms in total. The fraction of sp³-hybridized carbons (Fsp3) is 0.818. The number of carboxylic acid groups (broad SMARTS) is 1. The van der Waals surface area contributed by atoms with Crippen LogP contribution < -0.4 is 0 Å². The molecule has 1 aliphatic rings. The van der Waals surface area contributed by atoms with Gasteiger partial charge in [-0.1, -0.05) is 0 Å². The molecule has 1 heterocycles. The van der Waals surface area contributed by atoms with E-state index in [0.717, 1.165) is 11.9 Å². The van der Waals surface area contributed by atoms with Gasteiger partial charge in [-0.3, -0.25) is 9.59 Å². The van der Waals surface area contributed by atoms with Crippen LogP contribution in [0.2, 0.25) is 0 Å². The number of amides is 1. The second kappa shape index (κ2) is 6.17. The van der Waals surface area contributed by atoms with Crippen LogP contribution in [0, 0.1) is 10.8 Å². The number of carboxylic acids is 1. The Morgan fingerprint density at radius 3 is 2.39 bits per heavy atom. The van der Waals surface area contributed by atoms with Crippen LogP contribution in [0.15, 0.2) is 4.58 Å². The molecule has 18 heavy (non-hydrogen) atoms. The van der Waals surface area contributed by atoms with Crippen molar-refractivity contribution in [2.75, 3.05) is 13.1 Å². The molecule has 0 radical (unpaired) electrons. The standard InChI is InChI=1S/C11H18N2O4S/c1-11(2,18-12-17)7-9(14)13-5-3-8(4-6-13)10(15)16/h8H,3-7H2,1-2H3,(H,15,16). The van der Waals surface area contributed by atoms with E-state index in [0.29, 0.717) is 25.9 Å². The van der Waals surface area contributed by atoms with Crippen LogP contribution in [0.25, 0.3) is 0 Å². The van der Waals surface area contributed by atoms with E-state index in [2.05, 4.69) is 4.58 Å². The first-order valence-corrected chi connectivity index (χ1v) is 6.64. The molecular formula is C11H18N2O4S. The van der Waals surface area contributed by atoms with Crippen LogP contribution in [0.1, 0.15) is 33.1 Å². The zero-order valence-electron chi connectivity index (χ0n) is 10.6. The Labute approximate surface area is 110 Å². The number of rotatable bonds is 5. The van der Waals surface area contributed by atoms with E-state index < -0.39 is 10.7 Å². The molecule has 1 aliphatic heterocycles. The lowest BCUT2D eigenvalue weighted by atomic mass is 9.96. The lowest BCUT2D eigenvalue weighted by Crippen LogP contribution is -2.42. The average molecular weight is 274 g/mol. The second-order valence-electron chi connectivity index (χ2n) is 5.10. The van der Waals surface area contributed by atoms with Gasteiger partial charge in [0.25, 0.3) is 0 Å². The Hall–Kier alpha value is -1.11. The number of nitroso groups, excluding NO2 is 1. The van der Waals surface area contributed by atoms with Gasteiger partial charge in [-0.25, -0.2) is 0 Å². The summed E-state index contributed by atoms with van der Waals surface area (Å²) in [6, 6.07) is 0. The van der Waals surface area contributed by atoms with Crippen LogP contribution in [0.3, 0.4) is 0 Å². The third kappa shape index (κ3) is 4.29. The van der Waals surface area contributed by atoms with Crippen LogP contribution in [0.4, 0.5) is 0 Å². The first-order valence-electron chi connectivity index (χ1n) is 5.87. The summed E-state index contributed by atoms with van der Waals surface area (Å²) in [7, 11) is 0. The summed E-state index contributed by atoms with van der Waals surface area (Å²) < 4.78 is 2.25. The normalized spacial score (nSPS) is 17.6. The number of likely N-dealkylation sites (tertiary alicyclic amines) is 1. The van der Waals surface area contributed by atoms with E-state index in [9.17, 15) is 14.5 Å². The Balaban J connectivity index is 2.45. The molecule has 1 fully saturated rings. The highest BCUT2D eigenvalue weighted by molar-refractivity contribution is 7.99. The predicted molar refractivity (Wildman–Crippen MR) is 69.0 cm³/mol. The number of hydrogen-bond donors (Lipinski definition) is 1. The van der Waals surface area contributed by atoms with Gasteiger partial charge in [-0.2, -0.15) is 0 Å². The van der Waals surface area contributed by atoms with Crippen molar-refractivity contribution in [3.05, 3.63) is 4.91 Å². The van der Waals surface area contributed by atoms with Crippen molar-refractivity contribution in [1.29, 1.82) is 0 Å². The van der Waals surface area contributed by atoms with Crippen molar-refractivity contribution in [3.63, 3.8) is 0 Å². The van der Waals surface area contributed by atoms with Crippen molar-refractivity contribution in [3.8, 4) is 0 Å². The number of carbonyl (C=O) groups excluding carboxylic acids is 1. The van der Waals surface area contributed by atoms with E-state index in [4.69, 9.17) is 5.11 Å². The molecule has 1 amide bonds. The van der Waals surface area contributed by atoms with E-state index in [-0.39, 0.29) is 18.2 Å². The van der Waals surface area contributed by atoms with E-state index >= 15 is 0 Å². The summed E-state index contributed by atoms with van der Waals surface area (Å²) in [6.45, 7) is 4.54. The highest BCUT2D eigenvalue weighted by atomic mass is 32.2. The van der Waals surface area contributed by atoms with E-state index in [1.54, 1.807) is 18.7 Å². The summed E-state index contributed by atoms with van der Waals surface area (Å²) in [5.41, 5.74) is 0. The van der Waals surface area contributed by atoms with Gasteiger partial charge >= 0.3 is 5.97 Å². The Morgan fingerprint density at radius 2 is 1.94 bits per heavy atom. The maximum absolute atomic E-state index is 12.0. The van der Waals surface area contributed by atoms with Crippen molar-refractivity contribution in [2.45, 2.75) is 37.9 Å². The van der Waals surface area contributed by atoms with Crippen molar-refractivity contribution >= 4 is 23.8 Å². The molecule has 1 N–H and O–H groups in total. The molecule has 0 bridgehead atoms. The molecular weight excluding hydrogens is 256 g/mol. The van der Waals surface area contributed by atoms with Crippen LogP contribution in [-0.4, -0.2) is 39.7 Å². The predicted octanol–water partition coefficient (Wildman–Crippen LogP) is 1.89. The van der Waals surface area contributed by atoms with Crippen LogP contribution in [0.5, 0.6) is 0 Å². The van der Waals surface area contributed by atoms with Gasteiger partial charge in [-0.05, 0) is 26.7 Å². The van der Waals surface area contributed by atoms with Gasteiger partial charge in [-0.15, -0.1) is 4.91 Å². The number of aliphatic carboxylic acids is 1. The van der Waals surface area contributed by atoms with Crippen LogP contribution in [-0.2, 0) is 9.59 Å². The molecule has 102 valence electrons. The van der Waals surface area contributed by atoms with Crippen molar-refractivity contribution in [1.82, 2.24) is 4.90 Å². The molecule has 0 aliphatic carbocycles. The summed E-state index contributed by atoms with van der Waals surface area (Å²) in [5.74, 6) is -1.17. The number of hydrogen-bond acceptors (Lipinski definition) is 5. The minimum Gasteiger partial charge on any atom is -0.481 e. The van der Waals surface area contributed by atoms with Gasteiger partial charge in [0, 0.05) is 40.8 Å². The highest BCUT2D eigenvalue weighted by Gasteiger charge is 2.30. The maximum atomic E-state index is 12.0. The van der Waals surface area contributed by atoms with Crippen molar-refractivity contribution in [2.24, 2.45) is 10.5 Å². The zero-order chi connectivity index (χ0) is 13.8. The van der Waals surface area contributed by atoms with Gasteiger partial charge < -0.3 is 10.0 Å². The second-order valence-corrected chi connectivity index (χ2v) is 6.53. The smallest absolute Gasteiger partial charge is 0.306 e. The Kier molecular flexibility index (Phi) is 5.13. The monoisotopic (exact) mass is 274 g/mol. The summed E-state index contributed by atoms with van der Waals surface area (Å²) in [5, 5.41) is 8.87. The van der Waals surface area contributed by atoms with Crippen molar-refractivity contribution < 1.29 is 14.7 Å². The third-order valence-corrected chi connectivity index (χ3v) is 3.77.